The Morgan fingerprint density at radius 2 is 1.62 bits per heavy atom. The number of allylic oxidation sites excluding steroid dienone is 2. The standard InChI is InChI=1S/C16H22ClNO6/c1-9-10(7-16(2,3)8-18(4)24-15(17)21)12(20)14(23-6)13(22-5)11(9)19/h7-8H2,1-6H3. The molecule has 0 heterocycles. The normalized spacial score (nSPS) is 16.0. The first-order valence-corrected chi connectivity index (χ1v) is 7.61. The van der Waals surface area contributed by atoms with Gasteiger partial charge >= 0.3 is 5.43 Å². The van der Waals surface area contributed by atoms with Crippen LogP contribution in [0.15, 0.2) is 22.7 Å². The summed E-state index contributed by atoms with van der Waals surface area (Å²) in [5.74, 6) is -0.939. The number of hydrogen-bond acceptors (Lipinski definition) is 7. The molecule has 0 spiro atoms. The van der Waals surface area contributed by atoms with Crippen LogP contribution in [0.25, 0.3) is 0 Å². The van der Waals surface area contributed by atoms with Crippen molar-refractivity contribution in [1.82, 2.24) is 5.06 Å². The van der Waals surface area contributed by atoms with E-state index in [1.165, 1.54) is 19.3 Å². The van der Waals surface area contributed by atoms with Crippen molar-refractivity contribution in [2.24, 2.45) is 5.41 Å². The summed E-state index contributed by atoms with van der Waals surface area (Å²) in [7, 11) is 4.19. The van der Waals surface area contributed by atoms with E-state index in [2.05, 4.69) is 0 Å². The highest BCUT2D eigenvalue weighted by Gasteiger charge is 2.37. The molecule has 0 atom stereocenters. The lowest BCUT2D eigenvalue weighted by Gasteiger charge is -2.31. The number of methoxy groups -OCH3 is 2. The van der Waals surface area contributed by atoms with Crippen molar-refractivity contribution < 1.29 is 28.7 Å². The SMILES string of the molecule is COC1=C(OC)C(=O)C(CC(C)(C)CN(C)OC(=O)Cl)=C(C)C1=O. The van der Waals surface area contributed by atoms with Gasteiger partial charge in [0.15, 0.2) is 0 Å². The lowest BCUT2D eigenvalue weighted by molar-refractivity contribution is -0.121. The van der Waals surface area contributed by atoms with Crippen molar-refractivity contribution in [2.75, 3.05) is 27.8 Å². The molecule has 0 aromatic carbocycles. The summed E-state index contributed by atoms with van der Waals surface area (Å²) in [6, 6.07) is 0. The Morgan fingerprint density at radius 3 is 2.08 bits per heavy atom. The molecule has 0 fully saturated rings. The molecule has 0 N–H and O–H groups in total. The van der Waals surface area contributed by atoms with Crippen LogP contribution in [-0.4, -0.2) is 49.9 Å². The van der Waals surface area contributed by atoms with Crippen LogP contribution in [0.5, 0.6) is 0 Å². The van der Waals surface area contributed by atoms with Gasteiger partial charge in [0.25, 0.3) is 0 Å². The first-order valence-electron chi connectivity index (χ1n) is 7.24. The predicted octanol–water partition coefficient (Wildman–Crippen LogP) is 2.60. The van der Waals surface area contributed by atoms with Gasteiger partial charge in [0.2, 0.25) is 23.1 Å². The van der Waals surface area contributed by atoms with Crippen LogP contribution < -0.4 is 0 Å². The van der Waals surface area contributed by atoms with Gasteiger partial charge in [-0.05, 0) is 18.8 Å². The topological polar surface area (TPSA) is 82.1 Å². The first kappa shape index (κ1) is 20.2. The number of Topliss-reactive ketones (excluding diaryl/α,β-unsaturated/α-hetero) is 2. The van der Waals surface area contributed by atoms with Gasteiger partial charge in [-0.1, -0.05) is 13.8 Å². The maximum absolute atomic E-state index is 12.6. The Hall–Kier alpha value is -1.86. The minimum atomic E-state index is -0.943. The van der Waals surface area contributed by atoms with Gasteiger partial charge in [0, 0.05) is 36.3 Å². The second kappa shape index (κ2) is 7.81. The smallest absolute Gasteiger partial charge is 0.422 e. The highest BCUT2D eigenvalue weighted by Crippen LogP contribution is 2.34. The van der Waals surface area contributed by atoms with Crippen molar-refractivity contribution in [3.05, 3.63) is 22.7 Å². The minimum Gasteiger partial charge on any atom is -0.489 e. The van der Waals surface area contributed by atoms with E-state index in [1.54, 1.807) is 14.0 Å². The van der Waals surface area contributed by atoms with Crippen LogP contribution in [-0.2, 0) is 23.9 Å². The Morgan fingerprint density at radius 1 is 1.12 bits per heavy atom. The molecule has 0 bridgehead atoms. The molecule has 0 amide bonds. The summed E-state index contributed by atoms with van der Waals surface area (Å²) in [6.45, 7) is 5.66. The molecule has 0 aromatic heterocycles. The van der Waals surface area contributed by atoms with Gasteiger partial charge in [-0.15, -0.1) is 5.06 Å². The summed E-state index contributed by atoms with van der Waals surface area (Å²) in [6.07, 6.45) is 0.289. The summed E-state index contributed by atoms with van der Waals surface area (Å²) in [5.41, 5.74) is -0.741. The fraction of sp³-hybridized carbons (Fsp3) is 0.562. The Kier molecular flexibility index (Phi) is 6.57. The van der Waals surface area contributed by atoms with Crippen LogP contribution in [0.2, 0.25) is 0 Å². The fourth-order valence-corrected chi connectivity index (χ4v) is 2.81. The van der Waals surface area contributed by atoms with Crippen LogP contribution in [0.4, 0.5) is 4.79 Å². The highest BCUT2D eigenvalue weighted by atomic mass is 35.5. The molecule has 1 rings (SSSR count). The van der Waals surface area contributed by atoms with Crippen LogP contribution in [0.1, 0.15) is 27.2 Å². The zero-order valence-electron chi connectivity index (χ0n) is 14.7. The average Bonchev–Trinajstić information content (AvgIpc) is 2.45. The lowest BCUT2D eigenvalue weighted by Crippen LogP contribution is -2.35. The van der Waals surface area contributed by atoms with E-state index in [1.807, 2.05) is 13.8 Å². The van der Waals surface area contributed by atoms with E-state index in [0.717, 1.165) is 0 Å². The second-order valence-electron chi connectivity index (χ2n) is 6.28. The summed E-state index contributed by atoms with van der Waals surface area (Å²) >= 11 is 5.18. The van der Waals surface area contributed by atoms with Gasteiger partial charge in [-0.25, -0.2) is 4.79 Å². The molecular formula is C16H22ClNO6. The number of ketones is 2. The number of hydroxylamine groups is 2. The molecule has 0 unspecified atom stereocenters. The van der Waals surface area contributed by atoms with Crippen LogP contribution >= 0.6 is 11.6 Å². The number of nitrogens with zero attached hydrogens (tertiary/aromatic N) is 1. The van der Waals surface area contributed by atoms with Crippen LogP contribution in [0, 0.1) is 5.41 Å². The zero-order chi connectivity index (χ0) is 18.7. The van der Waals surface area contributed by atoms with Crippen LogP contribution in [0.3, 0.4) is 0 Å². The molecule has 7 nitrogen and oxygen atoms in total. The maximum Gasteiger partial charge on any atom is 0.422 e. The number of carbonyl (C=O) groups excluding carboxylic acids is 3. The molecule has 0 aromatic rings. The van der Waals surface area contributed by atoms with E-state index < -0.39 is 10.8 Å². The van der Waals surface area contributed by atoms with E-state index in [9.17, 15) is 14.4 Å². The largest absolute Gasteiger partial charge is 0.489 e. The third-order valence-electron chi connectivity index (χ3n) is 3.63. The molecule has 134 valence electrons. The Bertz CT molecular complexity index is 620. The summed E-state index contributed by atoms with van der Waals surface area (Å²) in [5, 5.41) is 1.29. The van der Waals surface area contributed by atoms with E-state index in [-0.39, 0.29) is 29.5 Å². The number of hydrogen-bond donors (Lipinski definition) is 0. The van der Waals surface area contributed by atoms with Crippen molar-refractivity contribution in [3.63, 3.8) is 0 Å². The number of rotatable bonds is 7. The van der Waals surface area contributed by atoms with Crippen molar-refractivity contribution >= 4 is 28.6 Å². The highest BCUT2D eigenvalue weighted by molar-refractivity contribution is 6.61. The van der Waals surface area contributed by atoms with Crippen molar-refractivity contribution in [2.45, 2.75) is 27.2 Å². The van der Waals surface area contributed by atoms with E-state index in [0.29, 0.717) is 17.7 Å². The van der Waals surface area contributed by atoms with E-state index in [4.69, 9.17) is 25.9 Å². The monoisotopic (exact) mass is 359 g/mol. The minimum absolute atomic E-state index is 0.0882. The first-order chi connectivity index (χ1) is 11.0. The average molecular weight is 360 g/mol. The summed E-state index contributed by atoms with van der Waals surface area (Å²) < 4.78 is 10.1. The maximum atomic E-state index is 12.6. The number of halogens is 1. The second-order valence-corrected chi connectivity index (χ2v) is 6.59. The third kappa shape index (κ3) is 4.58. The molecule has 24 heavy (non-hydrogen) atoms. The fourth-order valence-electron chi connectivity index (χ4n) is 2.70. The molecule has 8 heteroatoms. The molecular weight excluding hydrogens is 338 g/mol. The van der Waals surface area contributed by atoms with Gasteiger partial charge in [-0.2, -0.15) is 0 Å². The predicted molar refractivity (Wildman–Crippen MR) is 87.1 cm³/mol. The molecule has 0 aliphatic heterocycles. The van der Waals surface area contributed by atoms with Gasteiger partial charge in [-0.3, -0.25) is 9.59 Å². The van der Waals surface area contributed by atoms with Gasteiger partial charge in [0.05, 0.1) is 14.2 Å². The van der Waals surface area contributed by atoms with Crippen molar-refractivity contribution in [3.8, 4) is 0 Å². The molecule has 1 aliphatic rings. The molecule has 0 saturated carbocycles. The van der Waals surface area contributed by atoms with Gasteiger partial charge in [0.1, 0.15) is 0 Å². The quantitative estimate of drug-likeness (QED) is 0.392. The van der Waals surface area contributed by atoms with Gasteiger partial charge < -0.3 is 14.3 Å². The number of carbonyl (C=O) groups is 3. The molecule has 0 radical (unpaired) electrons. The number of ether oxygens (including phenoxy) is 2. The third-order valence-corrected chi connectivity index (χ3v) is 3.70. The molecule has 0 saturated heterocycles. The Labute approximate surface area is 146 Å². The Balaban J connectivity index is 3.05. The molecule has 1 aliphatic carbocycles. The summed E-state index contributed by atoms with van der Waals surface area (Å²) in [4.78, 5) is 40.5. The van der Waals surface area contributed by atoms with Crippen molar-refractivity contribution in [1.29, 1.82) is 0 Å². The lowest BCUT2D eigenvalue weighted by atomic mass is 9.79. The zero-order valence-corrected chi connectivity index (χ0v) is 15.4. The van der Waals surface area contributed by atoms with E-state index >= 15 is 0 Å².